The average molecular weight is 446 g/mol. The summed E-state index contributed by atoms with van der Waals surface area (Å²) in [5, 5.41) is 5.27. The zero-order valence-corrected chi connectivity index (χ0v) is 19.1. The van der Waals surface area contributed by atoms with Crippen LogP contribution in [0.25, 0.3) is 21.3 Å². The van der Waals surface area contributed by atoms with E-state index >= 15 is 0 Å². The molecule has 0 fully saturated rings. The molecule has 1 atom stereocenters. The molecule has 1 unspecified atom stereocenters. The second kappa shape index (κ2) is 8.51. The summed E-state index contributed by atoms with van der Waals surface area (Å²) in [4.78, 5) is 42.8. The summed E-state index contributed by atoms with van der Waals surface area (Å²) in [6.45, 7) is 7.21. The fourth-order valence-electron chi connectivity index (χ4n) is 3.70. The number of nitrogens with one attached hydrogen (secondary N) is 1. The lowest BCUT2D eigenvalue weighted by molar-refractivity contribution is -0.118. The number of anilines is 1. The number of rotatable bonds is 5. The largest absolute Gasteiger partial charge is 0.324 e. The van der Waals surface area contributed by atoms with E-state index in [1.807, 2.05) is 31.4 Å². The first kappa shape index (κ1) is 21.6. The molecule has 1 amide bonds. The van der Waals surface area contributed by atoms with Gasteiger partial charge in [0.05, 0.1) is 11.7 Å². The Morgan fingerprint density at radius 1 is 1.06 bits per heavy atom. The lowest BCUT2D eigenvalue weighted by Gasteiger charge is -2.15. The molecule has 2 heterocycles. The highest BCUT2D eigenvalue weighted by molar-refractivity contribution is 7.17. The molecule has 0 saturated heterocycles. The molecule has 4 aromatic rings. The number of aromatic nitrogens is 2. The third-order valence-corrected chi connectivity index (χ3v) is 6.43. The Kier molecular flexibility index (Phi) is 5.76. The molecule has 0 saturated carbocycles. The molecule has 7 heteroatoms. The van der Waals surface area contributed by atoms with Gasteiger partial charge in [0.15, 0.2) is 5.78 Å². The topological polar surface area (TPSA) is 81.1 Å². The third kappa shape index (κ3) is 3.99. The first-order chi connectivity index (χ1) is 15.3. The molecule has 0 bridgehead atoms. The predicted molar refractivity (Wildman–Crippen MR) is 129 cm³/mol. The Labute approximate surface area is 189 Å². The zero-order chi connectivity index (χ0) is 23.0. The van der Waals surface area contributed by atoms with Crippen LogP contribution in [0.2, 0.25) is 0 Å². The fourth-order valence-corrected chi connectivity index (χ4v) is 4.59. The van der Waals surface area contributed by atoms with Crippen molar-refractivity contribution in [3.8, 4) is 11.1 Å². The van der Waals surface area contributed by atoms with Crippen LogP contribution >= 0.6 is 11.3 Å². The minimum atomic E-state index is -0.765. The number of hydrogen-bond acceptors (Lipinski definition) is 5. The van der Waals surface area contributed by atoms with Gasteiger partial charge in [0.2, 0.25) is 5.91 Å². The first-order valence-electron chi connectivity index (χ1n) is 10.2. The van der Waals surface area contributed by atoms with Gasteiger partial charge in [-0.05, 0) is 63.1 Å². The molecule has 2 aromatic heterocycles. The maximum absolute atomic E-state index is 13.4. The smallest absolute Gasteiger partial charge is 0.263 e. The molecular formula is C25H23N3O3S. The molecule has 0 aliphatic heterocycles. The Morgan fingerprint density at radius 3 is 2.44 bits per heavy atom. The van der Waals surface area contributed by atoms with E-state index in [4.69, 9.17) is 0 Å². The summed E-state index contributed by atoms with van der Waals surface area (Å²) in [5.41, 5.74) is 4.93. The summed E-state index contributed by atoms with van der Waals surface area (Å²) < 4.78 is 1.36. The molecule has 0 aliphatic carbocycles. The van der Waals surface area contributed by atoms with E-state index in [0.29, 0.717) is 21.5 Å². The van der Waals surface area contributed by atoms with Crippen LogP contribution in [0.3, 0.4) is 0 Å². The number of fused-ring (bicyclic) bond motifs is 1. The van der Waals surface area contributed by atoms with Crippen molar-refractivity contribution in [2.24, 2.45) is 0 Å². The van der Waals surface area contributed by atoms with Crippen LogP contribution in [0, 0.1) is 13.8 Å². The fraction of sp³-hybridized carbons (Fsp3) is 0.200. The van der Waals surface area contributed by atoms with Gasteiger partial charge in [-0.1, -0.05) is 23.8 Å². The number of carbonyl (C=O) groups excluding carboxylic acids is 2. The van der Waals surface area contributed by atoms with Crippen LogP contribution in [0.15, 0.2) is 59.0 Å². The molecule has 32 heavy (non-hydrogen) atoms. The summed E-state index contributed by atoms with van der Waals surface area (Å²) in [6.07, 6.45) is 1.43. The third-order valence-electron chi connectivity index (χ3n) is 5.55. The normalized spacial score (nSPS) is 12.0. The lowest BCUT2D eigenvalue weighted by atomic mass is 9.99. The molecule has 0 spiro atoms. The minimum absolute atomic E-state index is 0.0439. The van der Waals surface area contributed by atoms with Gasteiger partial charge in [0.1, 0.15) is 10.9 Å². The molecule has 0 aliphatic rings. The van der Waals surface area contributed by atoms with Crippen molar-refractivity contribution in [1.29, 1.82) is 0 Å². The van der Waals surface area contributed by atoms with Gasteiger partial charge in [-0.3, -0.25) is 19.0 Å². The van der Waals surface area contributed by atoms with Gasteiger partial charge < -0.3 is 5.32 Å². The zero-order valence-electron chi connectivity index (χ0n) is 18.3. The van der Waals surface area contributed by atoms with Crippen molar-refractivity contribution in [2.75, 3.05) is 5.32 Å². The summed E-state index contributed by atoms with van der Waals surface area (Å²) >= 11 is 1.42. The van der Waals surface area contributed by atoms with E-state index in [9.17, 15) is 14.4 Å². The Balaban J connectivity index is 1.68. The maximum Gasteiger partial charge on any atom is 0.263 e. The summed E-state index contributed by atoms with van der Waals surface area (Å²) in [7, 11) is 0. The van der Waals surface area contributed by atoms with Crippen molar-refractivity contribution in [3.63, 3.8) is 0 Å². The molecule has 162 valence electrons. The SMILES string of the molecule is CC(=O)c1ccc(NC(=O)C(C)n2cnc3scc(-c4ccc(C)cc4C)c3c2=O)cc1. The number of hydrogen-bond donors (Lipinski definition) is 1. The molecule has 6 nitrogen and oxygen atoms in total. The minimum Gasteiger partial charge on any atom is -0.324 e. The van der Waals surface area contributed by atoms with Crippen molar-refractivity contribution in [2.45, 2.75) is 33.7 Å². The summed E-state index contributed by atoms with van der Waals surface area (Å²) in [5.74, 6) is -0.385. The number of nitrogens with zero attached hydrogens (tertiary/aromatic N) is 2. The van der Waals surface area contributed by atoms with Crippen LogP contribution in [0.4, 0.5) is 5.69 Å². The van der Waals surface area contributed by atoms with Crippen molar-refractivity contribution in [3.05, 3.63) is 81.2 Å². The van der Waals surface area contributed by atoms with Gasteiger partial charge in [0.25, 0.3) is 5.56 Å². The van der Waals surface area contributed by atoms with Crippen molar-refractivity contribution in [1.82, 2.24) is 9.55 Å². The van der Waals surface area contributed by atoms with Crippen molar-refractivity contribution >= 4 is 38.9 Å². The second-order valence-electron chi connectivity index (χ2n) is 7.90. The molecule has 0 radical (unpaired) electrons. The maximum atomic E-state index is 13.4. The molecule has 2 aromatic carbocycles. The van der Waals surface area contributed by atoms with E-state index in [-0.39, 0.29) is 17.2 Å². The molecule has 4 rings (SSSR count). The highest BCUT2D eigenvalue weighted by Crippen LogP contribution is 2.33. The van der Waals surface area contributed by atoms with Gasteiger partial charge in [-0.15, -0.1) is 11.3 Å². The van der Waals surface area contributed by atoms with Gasteiger partial charge in [-0.25, -0.2) is 4.98 Å². The first-order valence-corrected chi connectivity index (χ1v) is 11.1. The number of carbonyl (C=O) groups is 2. The Morgan fingerprint density at radius 2 is 1.78 bits per heavy atom. The standard InChI is InChI=1S/C25H23N3O3S/c1-14-5-10-20(15(2)11-14)21-12-32-24-22(21)25(31)28(13-26-24)16(3)23(30)27-19-8-6-18(7-9-19)17(4)29/h5-13,16H,1-4H3,(H,27,30). The molecular weight excluding hydrogens is 422 g/mol. The predicted octanol–water partition coefficient (Wildman–Crippen LogP) is 5.14. The number of benzene rings is 2. The Bertz CT molecular complexity index is 1400. The highest BCUT2D eigenvalue weighted by atomic mass is 32.1. The van der Waals surface area contributed by atoms with E-state index in [1.165, 1.54) is 29.2 Å². The van der Waals surface area contributed by atoms with E-state index in [0.717, 1.165) is 22.3 Å². The van der Waals surface area contributed by atoms with Crippen LogP contribution in [0.5, 0.6) is 0 Å². The average Bonchev–Trinajstić information content (AvgIpc) is 3.18. The van der Waals surface area contributed by atoms with E-state index < -0.39 is 6.04 Å². The number of thiophene rings is 1. The van der Waals surface area contributed by atoms with Gasteiger partial charge >= 0.3 is 0 Å². The van der Waals surface area contributed by atoms with Crippen LogP contribution < -0.4 is 10.9 Å². The second-order valence-corrected chi connectivity index (χ2v) is 8.76. The number of ketones is 1. The number of aryl methyl sites for hydroxylation is 2. The summed E-state index contributed by atoms with van der Waals surface area (Å²) in [6, 6.07) is 12.0. The lowest BCUT2D eigenvalue weighted by Crippen LogP contribution is -2.31. The molecule has 1 N–H and O–H groups in total. The van der Waals surface area contributed by atoms with Gasteiger partial charge in [0, 0.05) is 22.2 Å². The quantitative estimate of drug-likeness (QED) is 0.431. The van der Waals surface area contributed by atoms with E-state index in [2.05, 4.69) is 16.4 Å². The number of Topliss-reactive ketones (excluding diaryl/α,β-unsaturated/α-hetero) is 1. The van der Waals surface area contributed by atoms with E-state index in [1.54, 1.807) is 31.2 Å². The van der Waals surface area contributed by atoms with Crippen LogP contribution in [-0.4, -0.2) is 21.2 Å². The monoisotopic (exact) mass is 445 g/mol. The van der Waals surface area contributed by atoms with Gasteiger partial charge in [-0.2, -0.15) is 0 Å². The van der Waals surface area contributed by atoms with Crippen LogP contribution in [-0.2, 0) is 4.79 Å². The highest BCUT2D eigenvalue weighted by Gasteiger charge is 2.21. The number of amides is 1. The Hall–Kier alpha value is -3.58. The van der Waals surface area contributed by atoms with Crippen LogP contribution in [0.1, 0.15) is 41.4 Å². The van der Waals surface area contributed by atoms with Crippen molar-refractivity contribution < 1.29 is 9.59 Å².